The van der Waals surface area contributed by atoms with Gasteiger partial charge in [-0.25, -0.2) is 9.78 Å². The fraction of sp³-hybridized carbons (Fsp3) is 0.552. The van der Waals surface area contributed by atoms with Crippen LogP contribution in [0, 0.1) is 5.92 Å². The van der Waals surface area contributed by atoms with E-state index in [0.717, 1.165) is 6.42 Å². The highest BCUT2D eigenvalue weighted by molar-refractivity contribution is 5.82. The van der Waals surface area contributed by atoms with Gasteiger partial charge >= 0.3 is 6.09 Å². The molecular weight excluding hydrogens is 540 g/mol. The number of H-pyrrole nitrogens is 1. The highest BCUT2D eigenvalue weighted by Gasteiger charge is 2.34. The Morgan fingerprint density at radius 3 is 2.64 bits per heavy atom. The third kappa shape index (κ3) is 7.78. The van der Waals surface area contributed by atoms with Crippen molar-refractivity contribution in [3.05, 3.63) is 34.6 Å². The van der Waals surface area contributed by atoms with Gasteiger partial charge in [-0.05, 0) is 52.2 Å². The van der Waals surface area contributed by atoms with E-state index < -0.39 is 11.2 Å². The number of benzene rings is 1. The van der Waals surface area contributed by atoms with Crippen LogP contribution >= 0.6 is 0 Å². The minimum atomic E-state index is -0.580. The van der Waals surface area contributed by atoms with E-state index in [1.807, 2.05) is 32.6 Å². The second kappa shape index (κ2) is 12.8. The topological polar surface area (TPSA) is 161 Å². The minimum absolute atomic E-state index is 0.0695. The van der Waals surface area contributed by atoms with Gasteiger partial charge in [-0.3, -0.25) is 4.79 Å². The number of hydrogen-bond donors (Lipinski definition) is 3. The van der Waals surface area contributed by atoms with Crippen molar-refractivity contribution >= 4 is 34.7 Å². The summed E-state index contributed by atoms with van der Waals surface area (Å²) in [4.78, 5) is 45.4. The summed E-state index contributed by atoms with van der Waals surface area (Å²) in [6, 6.07) is 6.82. The summed E-state index contributed by atoms with van der Waals surface area (Å²) in [6.07, 6.45) is 0.498. The van der Waals surface area contributed by atoms with Crippen LogP contribution in [0.2, 0.25) is 0 Å². The van der Waals surface area contributed by atoms with Crippen molar-refractivity contribution < 1.29 is 19.0 Å². The molecule has 4 rings (SSSR count). The van der Waals surface area contributed by atoms with Gasteiger partial charge in [0.2, 0.25) is 11.8 Å². The number of aromatic nitrogens is 4. The van der Waals surface area contributed by atoms with Gasteiger partial charge in [0.15, 0.2) is 11.6 Å². The summed E-state index contributed by atoms with van der Waals surface area (Å²) in [7, 11) is 1.63. The number of aromatic amines is 1. The number of hydrogen-bond acceptors (Lipinski definition) is 11. The van der Waals surface area contributed by atoms with Gasteiger partial charge in [0.25, 0.3) is 5.56 Å². The van der Waals surface area contributed by atoms with E-state index in [2.05, 4.69) is 39.0 Å². The van der Waals surface area contributed by atoms with Crippen molar-refractivity contribution in [2.45, 2.75) is 65.6 Å². The first-order chi connectivity index (χ1) is 19.8. The van der Waals surface area contributed by atoms with E-state index >= 15 is 0 Å². The molecule has 2 aromatic heterocycles. The largest absolute Gasteiger partial charge is 0.444 e. The van der Waals surface area contributed by atoms with E-state index in [1.165, 1.54) is 0 Å². The monoisotopic (exact) mass is 582 g/mol. The van der Waals surface area contributed by atoms with Crippen molar-refractivity contribution in [2.24, 2.45) is 5.92 Å². The van der Waals surface area contributed by atoms with Gasteiger partial charge in [0.1, 0.15) is 16.9 Å². The maximum atomic E-state index is 13.1. The first-order valence-electron chi connectivity index (χ1n) is 14.2. The number of fused-ring (bicyclic) bond motifs is 1. The van der Waals surface area contributed by atoms with Crippen LogP contribution in [0.4, 0.5) is 22.4 Å². The summed E-state index contributed by atoms with van der Waals surface area (Å²) in [5, 5.41) is 3.28. The normalized spacial score (nSPS) is 16.5. The molecule has 1 aliphatic rings. The Labute approximate surface area is 245 Å². The lowest BCUT2D eigenvalue weighted by Gasteiger charge is -2.42. The molecule has 0 aliphatic carbocycles. The molecule has 2 unspecified atom stereocenters. The Morgan fingerprint density at radius 2 is 1.95 bits per heavy atom. The maximum absolute atomic E-state index is 13.1. The number of amides is 1. The summed E-state index contributed by atoms with van der Waals surface area (Å²) < 4.78 is 17.2. The van der Waals surface area contributed by atoms with Gasteiger partial charge in [-0.2, -0.15) is 9.97 Å². The predicted octanol–water partition coefficient (Wildman–Crippen LogP) is 4.01. The molecule has 0 spiro atoms. The Kier molecular flexibility index (Phi) is 9.40. The molecule has 42 heavy (non-hydrogen) atoms. The van der Waals surface area contributed by atoms with Gasteiger partial charge in [-0.1, -0.05) is 19.9 Å². The van der Waals surface area contributed by atoms with Gasteiger partial charge < -0.3 is 40.0 Å². The van der Waals surface area contributed by atoms with Gasteiger partial charge in [0.05, 0.1) is 18.2 Å². The average molecular weight is 583 g/mol. The van der Waals surface area contributed by atoms with Crippen molar-refractivity contribution in [3.63, 3.8) is 0 Å². The summed E-state index contributed by atoms with van der Waals surface area (Å²) in [6.45, 7) is 13.9. The van der Waals surface area contributed by atoms with Crippen LogP contribution in [-0.2, 0) is 9.47 Å². The van der Waals surface area contributed by atoms with Gasteiger partial charge in [0, 0.05) is 38.9 Å². The third-order valence-corrected chi connectivity index (χ3v) is 6.59. The van der Waals surface area contributed by atoms with E-state index in [0.29, 0.717) is 60.7 Å². The number of methoxy groups -OCH3 is 1. The number of piperazine rings is 1. The molecule has 1 fully saturated rings. The van der Waals surface area contributed by atoms with E-state index in [4.69, 9.17) is 24.9 Å². The molecule has 1 saturated heterocycles. The van der Waals surface area contributed by atoms with Crippen LogP contribution < -0.4 is 26.2 Å². The minimum Gasteiger partial charge on any atom is -0.444 e. The Morgan fingerprint density at radius 1 is 1.19 bits per heavy atom. The number of carbonyl (C=O) groups is 1. The van der Waals surface area contributed by atoms with Crippen molar-refractivity contribution in [3.8, 4) is 11.6 Å². The fourth-order valence-electron chi connectivity index (χ4n) is 4.87. The number of para-hydroxylation sites is 1. The van der Waals surface area contributed by atoms with E-state index in [1.54, 1.807) is 31.4 Å². The Hall–Kier alpha value is -4.13. The number of nitrogens with one attached hydrogen (secondary N) is 2. The zero-order valence-corrected chi connectivity index (χ0v) is 25.4. The molecule has 3 aromatic rings. The molecule has 228 valence electrons. The van der Waals surface area contributed by atoms with E-state index in [-0.39, 0.29) is 29.9 Å². The van der Waals surface area contributed by atoms with Crippen LogP contribution in [0.25, 0.3) is 11.0 Å². The number of carbonyl (C=O) groups excluding carboxylic acids is 1. The maximum Gasteiger partial charge on any atom is 0.410 e. The molecular formula is C29H42N8O5. The molecule has 1 aliphatic heterocycles. The number of nitrogen functional groups attached to an aromatic ring is 1. The molecule has 1 amide bonds. The Bertz CT molecular complexity index is 1450. The number of nitrogens with zero attached hydrogens (tertiary/aromatic N) is 5. The average Bonchev–Trinajstić information content (AvgIpc) is 2.88. The molecule has 13 nitrogen and oxygen atoms in total. The second-order valence-corrected chi connectivity index (χ2v) is 12.0. The lowest BCUT2D eigenvalue weighted by molar-refractivity contribution is 0.0119. The van der Waals surface area contributed by atoms with Crippen molar-refractivity contribution in [1.29, 1.82) is 0 Å². The smallest absolute Gasteiger partial charge is 0.410 e. The fourth-order valence-corrected chi connectivity index (χ4v) is 4.87. The molecule has 0 radical (unpaired) electrons. The Balaban J connectivity index is 1.67. The van der Waals surface area contributed by atoms with Crippen LogP contribution in [0.5, 0.6) is 11.6 Å². The quantitative estimate of drug-likeness (QED) is 0.334. The molecule has 2 atom stereocenters. The molecule has 0 bridgehead atoms. The van der Waals surface area contributed by atoms with Crippen molar-refractivity contribution in [2.75, 3.05) is 49.3 Å². The zero-order chi connectivity index (χ0) is 30.6. The molecule has 4 N–H and O–H groups in total. The predicted molar refractivity (Wildman–Crippen MR) is 162 cm³/mol. The van der Waals surface area contributed by atoms with Crippen LogP contribution in [-0.4, -0.2) is 82.0 Å². The van der Waals surface area contributed by atoms with E-state index in [9.17, 15) is 9.59 Å². The van der Waals surface area contributed by atoms with Gasteiger partial charge in [-0.15, -0.1) is 0 Å². The molecule has 13 heteroatoms. The summed E-state index contributed by atoms with van der Waals surface area (Å²) in [5.41, 5.74) is 5.63. The van der Waals surface area contributed by atoms with Crippen LogP contribution in [0.3, 0.4) is 0 Å². The number of ether oxygens (including phenoxy) is 3. The SMILES string of the molecule is COCC(C)Nc1nc(Oc2cccc3[nH]c(=O)c(N)nc23)cc(N2CCN(C(=O)OC(C)(C)C)C(CC(C)C)C2)n1. The summed E-state index contributed by atoms with van der Waals surface area (Å²) >= 11 is 0. The number of anilines is 3. The van der Waals surface area contributed by atoms with Crippen molar-refractivity contribution in [1.82, 2.24) is 24.8 Å². The first kappa shape index (κ1) is 30.8. The molecule has 0 saturated carbocycles. The molecule has 1 aromatic carbocycles. The lowest BCUT2D eigenvalue weighted by Crippen LogP contribution is -2.56. The third-order valence-electron chi connectivity index (χ3n) is 6.59. The molecule has 3 heterocycles. The second-order valence-electron chi connectivity index (χ2n) is 12.0. The standard InChI is InChI=1S/C29H42N8O5/c1-17(2)13-19-15-36(11-12-37(19)28(39)42-29(4,5)6)22-14-23(34-27(33-22)31-18(3)16-40-7)41-21-10-8-9-20-24(21)35-25(30)26(38)32-20/h8-10,14,17-19H,11-13,15-16H2,1-7H3,(H2,30,35)(H,32,38)(H,31,33,34). The highest BCUT2D eigenvalue weighted by Crippen LogP contribution is 2.31. The highest BCUT2D eigenvalue weighted by atomic mass is 16.6. The zero-order valence-electron chi connectivity index (χ0n) is 25.4. The van der Waals surface area contributed by atoms with Crippen LogP contribution in [0.1, 0.15) is 48.0 Å². The van der Waals surface area contributed by atoms with Crippen LogP contribution in [0.15, 0.2) is 29.1 Å². The number of nitrogens with two attached hydrogens (primary N) is 1. The lowest BCUT2D eigenvalue weighted by atomic mass is 10.0. The summed E-state index contributed by atoms with van der Waals surface area (Å²) in [5.74, 6) is 1.88. The first-order valence-corrected chi connectivity index (χ1v) is 14.2. The number of rotatable bonds is 9.